The summed E-state index contributed by atoms with van der Waals surface area (Å²) in [4.78, 5) is 19.5. The van der Waals surface area contributed by atoms with Gasteiger partial charge < -0.3 is 10.5 Å². The Morgan fingerprint density at radius 2 is 2.18 bits per heavy atom. The van der Waals surface area contributed by atoms with Crippen molar-refractivity contribution in [2.24, 2.45) is 0 Å². The molecule has 0 spiro atoms. The summed E-state index contributed by atoms with van der Waals surface area (Å²) >= 11 is 4.40. The van der Waals surface area contributed by atoms with E-state index < -0.39 is 5.60 Å². The number of thioether (sulfide) groups is 1. The quantitative estimate of drug-likeness (QED) is 0.398. The first-order chi connectivity index (χ1) is 7.76. The van der Waals surface area contributed by atoms with Crippen LogP contribution in [0.15, 0.2) is 15.8 Å². The molecule has 0 aromatic carbocycles. The number of aromatic nitrogens is 2. The van der Waals surface area contributed by atoms with E-state index in [2.05, 4.69) is 25.9 Å². The largest absolute Gasteiger partial charge is 0.459 e. The van der Waals surface area contributed by atoms with E-state index in [1.807, 2.05) is 20.8 Å². The molecule has 0 saturated carbocycles. The molecule has 0 amide bonds. The molecule has 1 rings (SSSR count). The Bertz CT molecular complexity index is 400. The summed E-state index contributed by atoms with van der Waals surface area (Å²) < 4.78 is 5.76. The number of hydrogen-bond acceptors (Lipinski definition) is 6. The highest BCUT2D eigenvalue weighted by molar-refractivity contribution is 9.10. The number of rotatable bonds is 3. The van der Waals surface area contributed by atoms with Gasteiger partial charge in [-0.25, -0.2) is 9.97 Å². The number of nitrogens with zero attached hydrogens (tertiary/aromatic N) is 2. The van der Waals surface area contributed by atoms with Gasteiger partial charge in [0.25, 0.3) is 0 Å². The minimum atomic E-state index is -0.477. The molecular formula is C10H14BrN3O2S. The average Bonchev–Trinajstić information content (AvgIpc) is 2.10. The molecule has 0 atom stereocenters. The lowest BCUT2D eigenvalue weighted by Gasteiger charge is -2.19. The summed E-state index contributed by atoms with van der Waals surface area (Å²) in [5, 5.41) is 0.447. The number of nitrogen functional groups attached to an aromatic ring is 1. The molecule has 0 saturated heterocycles. The Balaban J connectivity index is 2.53. The van der Waals surface area contributed by atoms with Crippen LogP contribution >= 0.6 is 27.7 Å². The van der Waals surface area contributed by atoms with E-state index >= 15 is 0 Å². The summed E-state index contributed by atoms with van der Waals surface area (Å²) in [5.74, 6) is 0.218. The third kappa shape index (κ3) is 5.88. The van der Waals surface area contributed by atoms with E-state index in [1.165, 1.54) is 11.8 Å². The van der Waals surface area contributed by atoms with Crippen molar-refractivity contribution in [2.75, 3.05) is 11.5 Å². The normalized spacial score (nSPS) is 11.3. The van der Waals surface area contributed by atoms with Gasteiger partial charge in [-0.15, -0.1) is 0 Å². The number of halogens is 1. The van der Waals surface area contributed by atoms with Crippen LogP contribution < -0.4 is 5.73 Å². The highest BCUT2D eigenvalue weighted by atomic mass is 79.9. The lowest BCUT2D eigenvalue weighted by molar-refractivity contribution is -0.151. The van der Waals surface area contributed by atoms with Crippen LogP contribution in [-0.4, -0.2) is 27.3 Å². The van der Waals surface area contributed by atoms with E-state index in [9.17, 15) is 4.79 Å². The van der Waals surface area contributed by atoms with Crippen LogP contribution in [0.1, 0.15) is 20.8 Å². The Kier molecular flexibility index (Phi) is 4.76. The van der Waals surface area contributed by atoms with Gasteiger partial charge in [0.2, 0.25) is 0 Å². The molecule has 0 fully saturated rings. The van der Waals surface area contributed by atoms with Gasteiger partial charge in [0.1, 0.15) is 16.0 Å². The third-order valence-electron chi connectivity index (χ3n) is 1.43. The van der Waals surface area contributed by atoms with Gasteiger partial charge in [0.05, 0.1) is 5.75 Å². The molecular weight excluding hydrogens is 306 g/mol. The zero-order valence-corrected chi connectivity index (χ0v) is 12.3. The molecule has 1 heterocycles. The Labute approximate surface area is 113 Å². The highest BCUT2D eigenvalue weighted by Crippen LogP contribution is 2.19. The lowest BCUT2D eigenvalue weighted by Crippen LogP contribution is -2.25. The predicted octanol–water partition coefficient (Wildman–Crippen LogP) is 2.26. The van der Waals surface area contributed by atoms with Gasteiger partial charge in [-0.2, -0.15) is 0 Å². The van der Waals surface area contributed by atoms with Crippen LogP contribution in [0.5, 0.6) is 0 Å². The van der Waals surface area contributed by atoms with Crippen molar-refractivity contribution in [2.45, 2.75) is 31.5 Å². The molecule has 1 aromatic rings. The molecule has 94 valence electrons. The zero-order valence-electron chi connectivity index (χ0n) is 9.86. The maximum Gasteiger partial charge on any atom is 0.316 e. The fourth-order valence-electron chi connectivity index (χ4n) is 0.972. The molecule has 0 bridgehead atoms. The SMILES string of the molecule is CC(C)(C)OC(=O)CSc1nc(N)cc(Br)n1. The fourth-order valence-corrected chi connectivity index (χ4v) is 2.13. The monoisotopic (exact) mass is 319 g/mol. The third-order valence-corrected chi connectivity index (χ3v) is 2.66. The lowest BCUT2D eigenvalue weighted by atomic mass is 10.2. The van der Waals surface area contributed by atoms with Crippen LogP contribution in [-0.2, 0) is 9.53 Å². The molecule has 5 nitrogen and oxygen atoms in total. The smallest absolute Gasteiger partial charge is 0.316 e. The molecule has 0 radical (unpaired) electrons. The topological polar surface area (TPSA) is 78.1 Å². The van der Waals surface area contributed by atoms with Crippen molar-refractivity contribution in [3.63, 3.8) is 0 Å². The number of hydrogen-bond donors (Lipinski definition) is 1. The minimum absolute atomic E-state index is 0.160. The second-order valence-electron chi connectivity index (χ2n) is 4.27. The molecule has 2 N–H and O–H groups in total. The maximum atomic E-state index is 11.5. The van der Waals surface area contributed by atoms with Gasteiger partial charge in [0.15, 0.2) is 5.16 Å². The maximum absolute atomic E-state index is 11.5. The van der Waals surface area contributed by atoms with Crippen molar-refractivity contribution < 1.29 is 9.53 Å². The molecule has 17 heavy (non-hydrogen) atoms. The van der Waals surface area contributed by atoms with Gasteiger partial charge in [0, 0.05) is 6.07 Å². The first-order valence-electron chi connectivity index (χ1n) is 4.91. The summed E-state index contributed by atoms with van der Waals surface area (Å²) in [5.41, 5.74) is 5.08. The van der Waals surface area contributed by atoms with Crippen molar-refractivity contribution in [3.8, 4) is 0 Å². The minimum Gasteiger partial charge on any atom is -0.459 e. The molecule has 7 heteroatoms. The van der Waals surface area contributed by atoms with E-state index in [4.69, 9.17) is 10.5 Å². The van der Waals surface area contributed by atoms with Crippen LogP contribution in [0.3, 0.4) is 0 Å². The summed E-state index contributed by atoms with van der Waals surface area (Å²) in [6.45, 7) is 5.47. The van der Waals surface area contributed by atoms with E-state index in [0.717, 1.165) is 0 Å². The Hall–Kier alpha value is -0.820. The van der Waals surface area contributed by atoms with Crippen molar-refractivity contribution in [3.05, 3.63) is 10.7 Å². The number of nitrogens with two attached hydrogens (primary N) is 1. The zero-order chi connectivity index (χ0) is 13.1. The molecule has 0 aliphatic heterocycles. The summed E-state index contributed by atoms with van der Waals surface area (Å²) in [7, 11) is 0. The average molecular weight is 320 g/mol. The first-order valence-corrected chi connectivity index (χ1v) is 6.69. The molecule has 1 aromatic heterocycles. The highest BCUT2D eigenvalue weighted by Gasteiger charge is 2.16. The molecule has 0 aliphatic rings. The van der Waals surface area contributed by atoms with Crippen molar-refractivity contribution >= 4 is 39.5 Å². The fraction of sp³-hybridized carbons (Fsp3) is 0.500. The summed E-state index contributed by atoms with van der Waals surface area (Å²) in [6, 6.07) is 1.59. The van der Waals surface area contributed by atoms with Gasteiger partial charge in [-0.05, 0) is 36.7 Å². The van der Waals surface area contributed by atoms with Gasteiger partial charge in [-0.3, -0.25) is 4.79 Å². The van der Waals surface area contributed by atoms with Crippen molar-refractivity contribution in [1.29, 1.82) is 0 Å². The Morgan fingerprint density at radius 3 is 2.71 bits per heavy atom. The van der Waals surface area contributed by atoms with E-state index in [1.54, 1.807) is 6.07 Å². The number of esters is 1. The first kappa shape index (κ1) is 14.2. The molecule has 0 aliphatic carbocycles. The standard InChI is InChI=1S/C10H14BrN3O2S/c1-10(2,3)16-8(15)5-17-9-13-6(11)4-7(12)14-9/h4H,5H2,1-3H3,(H2,12,13,14). The van der Waals surface area contributed by atoms with Crippen molar-refractivity contribution in [1.82, 2.24) is 9.97 Å². The molecule has 0 unspecified atom stereocenters. The van der Waals surface area contributed by atoms with E-state index in [-0.39, 0.29) is 11.7 Å². The number of ether oxygens (including phenoxy) is 1. The van der Waals surface area contributed by atoms with Gasteiger partial charge in [-0.1, -0.05) is 11.8 Å². The van der Waals surface area contributed by atoms with E-state index in [0.29, 0.717) is 15.6 Å². The number of carbonyl (C=O) groups is 1. The second kappa shape index (κ2) is 5.68. The summed E-state index contributed by atoms with van der Waals surface area (Å²) in [6.07, 6.45) is 0. The van der Waals surface area contributed by atoms with Crippen LogP contribution in [0.2, 0.25) is 0 Å². The van der Waals surface area contributed by atoms with Crippen LogP contribution in [0.25, 0.3) is 0 Å². The number of carbonyl (C=O) groups excluding carboxylic acids is 1. The Morgan fingerprint density at radius 1 is 1.53 bits per heavy atom. The second-order valence-corrected chi connectivity index (χ2v) is 6.03. The van der Waals surface area contributed by atoms with Crippen LogP contribution in [0.4, 0.5) is 5.82 Å². The van der Waals surface area contributed by atoms with Gasteiger partial charge >= 0.3 is 5.97 Å². The number of anilines is 1. The van der Waals surface area contributed by atoms with Crippen LogP contribution in [0, 0.1) is 0 Å². The predicted molar refractivity (Wildman–Crippen MR) is 70.7 cm³/mol.